The van der Waals surface area contributed by atoms with Crippen LogP contribution in [0.4, 0.5) is 0 Å². The van der Waals surface area contributed by atoms with E-state index in [0.717, 1.165) is 0 Å². The van der Waals surface area contributed by atoms with Crippen LogP contribution < -0.4 is 5.32 Å². The zero-order valence-corrected chi connectivity index (χ0v) is 13.7. The summed E-state index contributed by atoms with van der Waals surface area (Å²) in [4.78, 5) is 37.4. The highest BCUT2D eigenvalue weighted by atomic mass is 32.2. The first-order valence-electron chi connectivity index (χ1n) is 7.14. The van der Waals surface area contributed by atoms with Gasteiger partial charge in [-0.25, -0.2) is 4.79 Å². The zero-order valence-electron chi connectivity index (χ0n) is 12.9. The number of methoxy groups -OCH3 is 1. The summed E-state index contributed by atoms with van der Waals surface area (Å²) in [6.07, 6.45) is 1.41. The quantitative estimate of drug-likeness (QED) is 0.443. The molecule has 1 aromatic rings. The van der Waals surface area contributed by atoms with Crippen molar-refractivity contribution in [1.29, 1.82) is 0 Å². The van der Waals surface area contributed by atoms with Gasteiger partial charge in [-0.05, 0) is 17.7 Å². The van der Waals surface area contributed by atoms with Crippen LogP contribution >= 0.6 is 11.8 Å². The molecule has 1 aromatic heterocycles. The standard InChI is InChI=1S/C15H16N2O6S/c1-8-7-24-14-15(22-2,13(21)17(14)11(8)12(19)20)16-10(18)6-9-4-3-5-23-9/h3-5,11,14H,1,6-7H2,2H3,(H,16,18)(H,19,20)/t11?,14-,15?/m1/s1. The number of hydrogen-bond donors (Lipinski definition) is 2. The van der Waals surface area contributed by atoms with Gasteiger partial charge in [-0.3, -0.25) is 9.59 Å². The Labute approximate surface area is 141 Å². The molecule has 2 unspecified atom stereocenters. The van der Waals surface area contributed by atoms with Crippen LogP contribution in [0.15, 0.2) is 35.0 Å². The second-order valence-corrected chi connectivity index (χ2v) is 6.59. The minimum atomic E-state index is -1.57. The summed E-state index contributed by atoms with van der Waals surface area (Å²) in [5.41, 5.74) is -1.13. The van der Waals surface area contributed by atoms with Crippen LogP contribution in [0.2, 0.25) is 0 Å². The summed E-state index contributed by atoms with van der Waals surface area (Å²) in [5.74, 6) is -1.37. The van der Waals surface area contributed by atoms with Crippen molar-refractivity contribution in [2.45, 2.75) is 23.6 Å². The lowest BCUT2D eigenvalue weighted by molar-refractivity contribution is -0.201. The van der Waals surface area contributed by atoms with E-state index in [1.165, 1.54) is 30.0 Å². The first-order chi connectivity index (χ1) is 11.4. The molecule has 0 aliphatic carbocycles. The van der Waals surface area contributed by atoms with Crippen LogP contribution in [-0.4, -0.2) is 57.8 Å². The average molecular weight is 352 g/mol. The summed E-state index contributed by atoms with van der Waals surface area (Å²) in [6.45, 7) is 3.72. The van der Waals surface area contributed by atoms with Gasteiger partial charge in [0.15, 0.2) is 6.04 Å². The topological polar surface area (TPSA) is 109 Å². The van der Waals surface area contributed by atoms with E-state index in [-0.39, 0.29) is 6.42 Å². The Hall–Kier alpha value is -2.26. The van der Waals surface area contributed by atoms with E-state index in [1.54, 1.807) is 12.1 Å². The molecular weight excluding hydrogens is 336 g/mol. The van der Waals surface area contributed by atoms with E-state index in [9.17, 15) is 19.5 Å². The third-order valence-electron chi connectivity index (χ3n) is 4.04. The smallest absolute Gasteiger partial charge is 0.330 e. The van der Waals surface area contributed by atoms with E-state index in [4.69, 9.17) is 9.15 Å². The lowest BCUT2D eigenvalue weighted by Crippen LogP contribution is -2.83. The summed E-state index contributed by atoms with van der Waals surface area (Å²) in [6, 6.07) is 2.20. The maximum absolute atomic E-state index is 12.6. The maximum atomic E-state index is 12.6. The second kappa shape index (κ2) is 5.99. The first kappa shape index (κ1) is 16.6. The zero-order chi connectivity index (χ0) is 17.5. The molecule has 0 bridgehead atoms. The van der Waals surface area contributed by atoms with E-state index in [0.29, 0.717) is 17.1 Å². The van der Waals surface area contributed by atoms with E-state index < -0.39 is 34.9 Å². The molecule has 8 nitrogen and oxygen atoms in total. The Morgan fingerprint density at radius 1 is 1.62 bits per heavy atom. The van der Waals surface area contributed by atoms with Gasteiger partial charge in [0.25, 0.3) is 11.6 Å². The molecule has 3 heterocycles. The minimum absolute atomic E-state index is 0.0438. The predicted octanol–water partition coefficient (Wildman–Crippen LogP) is 0.205. The number of nitrogens with zero attached hydrogens (tertiary/aromatic N) is 1. The number of amides is 2. The summed E-state index contributed by atoms with van der Waals surface area (Å²) in [7, 11) is 1.31. The first-order valence-corrected chi connectivity index (χ1v) is 8.19. The van der Waals surface area contributed by atoms with Crippen molar-refractivity contribution < 1.29 is 28.6 Å². The van der Waals surface area contributed by atoms with Crippen molar-refractivity contribution in [3.63, 3.8) is 0 Å². The highest BCUT2D eigenvalue weighted by Gasteiger charge is 2.67. The molecule has 0 spiro atoms. The molecule has 128 valence electrons. The van der Waals surface area contributed by atoms with Crippen LogP contribution in [0.3, 0.4) is 0 Å². The number of nitrogens with one attached hydrogen (secondary N) is 1. The van der Waals surface area contributed by atoms with E-state index in [2.05, 4.69) is 11.9 Å². The molecular formula is C15H16N2O6S. The number of β-lactam (4-membered cyclic amide) rings is 1. The molecule has 3 rings (SSSR count). The summed E-state index contributed by atoms with van der Waals surface area (Å²) in [5, 5.41) is 11.3. The number of furan rings is 1. The van der Waals surface area contributed by atoms with Gasteiger partial charge in [0.1, 0.15) is 11.1 Å². The van der Waals surface area contributed by atoms with Crippen LogP contribution in [-0.2, 0) is 25.5 Å². The van der Waals surface area contributed by atoms with Gasteiger partial charge in [-0.1, -0.05) is 6.58 Å². The van der Waals surface area contributed by atoms with Crippen LogP contribution in [0, 0.1) is 0 Å². The van der Waals surface area contributed by atoms with Gasteiger partial charge in [0, 0.05) is 12.9 Å². The summed E-state index contributed by atoms with van der Waals surface area (Å²) < 4.78 is 10.4. The third-order valence-corrected chi connectivity index (χ3v) is 5.45. The lowest BCUT2D eigenvalue weighted by atomic mass is 9.94. The second-order valence-electron chi connectivity index (χ2n) is 5.52. The number of thioether (sulfide) groups is 1. The highest BCUT2D eigenvalue weighted by Crippen LogP contribution is 2.46. The van der Waals surface area contributed by atoms with Gasteiger partial charge in [-0.2, -0.15) is 0 Å². The number of aliphatic carboxylic acids is 1. The molecule has 0 aromatic carbocycles. The molecule has 24 heavy (non-hydrogen) atoms. The van der Waals surface area contributed by atoms with Crippen LogP contribution in [0.5, 0.6) is 0 Å². The molecule has 0 radical (unpaired) electrons. The normalized spacial score (nSPS) is 29.0. The lowest BCUT2D eigenvalue weighted by Gasteiger charge is -2.58. The largest absolute Gasteiger partial charge is 0.479 e. The minimum Gasteiger partial charge on any atom is -0.479 e. The average Bonchev–Trinajstić information content (AvgIpc) is 3.04. The number of carbonyl (C=O) groups excluding carboxylic acids is 2. The van der Waals surface area contributed by atoms with E-state index >= 15 is 0 Å². The van der Waals surface area contributed by atoms with Gasteiger partial charge in [0.2, 0.25) is 5.91 Å². The molecule has 2 amide bonds. The summed E-state index contributed by atoms with van der Waals surface area (Å²) >= 11 is 1.31. The molecule has 2 saturated heterocycles. The molecule has 2 fully saturated rings. The van der Waals surface area contributed by atoms with Crippen LogP contribution in [0.1, 0.15) is 5.76 Å². The monoisotopic (exact) mass is 352 g/mol. The maximum Gasteiger partial charge on any atom is 0.330 e. The van der Waals surface area contributed by atoms with Crippen LogP contribution in [0.25, 0.3) is 0 Å². The number of rotatable bonds is 5. The number of hydrogen-bond acceptors (Lipinski definition) is 6. The Bertz CT molecular complexity index is 703. The molecule has 2 aliphatic heterocycles. The number of carboxylic acids is 1. The van der Waals surface area contributed by atoms with Crippen molar-refractivity contribution in [2.24, 2.45) is 0 Å². The van der Waals surface area contributed by atoms with Gasteiger partial charge < -0.3 is 24.5 Å². The highest BCUT2D eigenvalue weighted by molar-refractivity contribution is 8.00. The van der Waals surface area contributed by atoms with E-state index in [1.807, 2.05) is 0 Å². The predicted molar refractivity (Wildman–Crippen MR) is 84.0 cm³/mol. The Kier molecular flexibility index (Phi) is 4.14. The van der Waals surface area contributed by atoms with Crippen molar-refractivity contribution in [3.05, 3.63) is 36.3 Å². The third kappa shape index (κ3) is 2.40. The van der Waals surface area contributed by atoms with Crippen molar-refractivity contribution in [3.8, 4) is 0 Å². The molecule has 2 N–H and O–H groups in total. The van der Waals surface area contributed by atoms with Gasteiger partial charge >= 0.3 is 5.97 Å². The van der Waals surface area contributed by atoms with Crippen molar-refractivity contribution >= 4 is 29.5 Å². The number of fused-ring (bicyclic) bond motifs is 1. The Morgan fingerprint density at radius 2 is 2.38 bits per heavy atom. The number of ether oxygens (including phenoxy) is 1. The Morgan fingerprint density at radius 3 is 2.96 bits per heavy atom. The Balaban J connectivity index is 1.78. The fourth-order valence-electron chi connectivity index (χ4n) is 2.92. The molecule has 0 saturated carbocycles. The number of carboxylic acid groups (broad SMARTS) is 1. The fraction of sp³-hybridized carbons (Fsp3) is 0.400. The van der Waals surface area contributed by atoms with Gasteiger partial charge in [0.05, 0.1) is 12.7 Å². The molecule has 3 atom stereocenters. The fourth-order valence-corrected chi connectivity index (χ4v) is 4.31. The van der Waals surface area contributed by atoms with Crippen molar-refractivity contribution in [2.75, 3.05) is 12.9 Å². The molecule has 9 heteroatoms. The molecule has 2 aliphatic rings. The van der Waals surface area contributed by atoms with Gasteiger partial charge in [-0.15, -0.1) is 11.8 Å². The SMILES string of the molecule is C=C1CS[C@H]2N(C(=O)C2(NC(=O)Cc2ccco2)OC)C1C(=O)O. The number of carbonyl (C=O) groups is 3. The van der Waals surface area contributed by atoms with Crippen molar-refractivity contribution in [1.82, 2.24) is 10.2 Å².